The van der Waals surface area contributed by atoms with Gasteiger partial charge in [-0.2, -0.15) is 0 Å². The Hall–Kier alpha value is -1.03. The van der Waals surface area contributed by atoms with Crippen LogP contribution in [0.4, 0.5) is 5.00 Å². The molecule has 2 heterocycles. The van der Waals surface area contributed by atoms with Crippen molar-refractivity contribution in [1.82, 2.24) is 0 Å². The molecule has 0 spiro atoms. The summed E-state index contributed by atoms with van der Waals surface area (Å²) in [5.41, 5.74) is 0. The van der Waals surface area contributed by atoms with Crippen molar-refractivity contribution in [2.24, 2.45) is 5.92 Å². The summed E-state index contributed by atoms with van der Waals surface area (Å²) in [6, 6.07) is 2.03. The van der Waals surface area contributed by atoms with Crippen LogP contribution < -0.4 is 10.1 Å². The highest BCUT2D eigenvalue weighted by atomic mass is 32.1. The van der Waals surface area contributed by atoms with Gasteiger partial charge in [-0.25, -0.2) is 0 Å². The maximum Gasteiger partial charge on any atom is 0.263 e. The molecule has 0 bridgehead atoms. The Labute approximate surface area is 87.1 Å². The lowest BCUT2D eigenvalue weighted by Crippen LogP contribution is -2.23. The van der Waals surface area contributed by atoms with Crippen molar-refractivity contribution in [3.63, 3.8) is 0 Å². The van der Waals surface area contributed by atoms with Crippen LogP contribution in [0.1, 0.15) is 18.7 Å². The number of nitrogens with one attached hydrogen (secondary N) is 1. The van der Waals surface area contributed by atoms with Gasteiger partial charge in [0.1, 0.15) is 5.00 Å². The van der Waals surface area contributed by atoms with Crippen LogP contribution in [0.25, 0.3) is 0 Å². The van der Waals surface area contributed by atoms with Crippen LogP contribution in [0.2, 0.25) is 0 Å². The van der Waals surface area contributed by atoms with Crippen molar-refractivity contribution in [2.75, 3.05) is 11.9 Å². The number of hydrogen-bond acceptors (Lipinski definition) is 3. The summed E-state index contributed by atoms with van der Waals surface area (Å²) in [6.07, 6.45) is 1.04. The van der Waals surface area contributed by atoms with E-state index in [9.17, 15) is 4.79 Å². The third-order valence-electron chi connectivity index (χ3n) is 1.97. The second-order valence-electron chi connectivity index (χ2n) is 3.84. The first-order valence-corrected chi connectivity index (χ1v) is 5.52. The zero-order valence-corrected chi connectivity index (χ0v) is 9.11. The quantitative estimate of drug-likeness (QED) is 0.815. The van der Waals surface area contributed by atoms with E-state index < -0.39 is 0 Å². The lowest BCUT2D eigenvalue weighted by molar-refractivity contribution is -0.118. The van der Waals surface area contributed by atoms with Crippen molar-refractivity contribution in [1.29, 1.82) is 0 Å². The third-order valence-corrected chi connectivity index (χ3v) is 3.02. The van der Waals surface area contributed by atoms with Gasteiger partial charge in [0.05, 0.1) is 0 Å². The van der Waals surface area contributed by atoms with Crippen molar-refractivity contribution >= 4 is 22.2 Å². The van der Waals surface area contributed by atoms with Gasteiger partial charge in [0, 0.05) is 4.88 Å². The number of amides is 1. The van der Waals surface area contributed by atoms with E-state index in [-0.39, 0.29) is 12.5 Å². The Morgan fingerprint density at radius 2 is 2.43 bits per heavy atom. The molecule has 0 radical (unpaired) electrons. The van der Waals surface area contributed by atoms with E-state index in [2.05, 4.69) is 19.2 Å². The fourth-order valence-electron chi connectivity index (χ4n) is 1.43. The molecule has 1 N–H and O–H groups in total. The van der Waals surface area contributed by atoms with Gasteiger partial charge in [0.15, 0.2) is 12.4 Å². The first-order valence-electron chi connectivity index (χ1n) is 4.70. The number of carbonyl (C=O) groups is 1. The standard InChI is InChI=1S/C10H13NO2S/c1-6(2)3-7-4-8-10(14-7)11-9(12)5-13-8/h4,6H,3,5H2,1-2H3,(H,11,12). The average Bonchev–Trinajstić information content (AvgIpc) is 2.44. The minimum atomic E-state index is -0.0598. The molecule has 1 amide bonds. The average molecular weight is 211 g/mol. The summed E-state index contributed by atoms with van der Waals surface area (Å²) in [4.78, 5) is 12.3. The van der Waals surface area contributed by atoms with Crippen LogP contribution in [0.5, 0.6) is 5.75 Å². The Morgan fingerprint density at radius 1 is 1.64 bits per heavy atom. The molecule has 1 aliphatic rings. The molecule has 0 fully saturated rings. The summed E-state index contributed by atoms with van der Waals surface area (Å²) in [5, 5.41) is 3.67. The summed E-state index contributed by atoms with van der Waals surface area (Å²) >= 11 is 1.61. The molecule has 0 aromatic carbocycles. The largest absolute Gasteiger partial charge is 0.481 e. The van der Waals surface area contributed by atoms with E-state index in [0.717, 1.165) is 17.2 Å². The summed E-state index contributed by atoms with van der Waals surface area (Å²) in [5.74, 6) is 1.39. The van der Waals surface area contributed by atoms with Gasteiger partial charge in [0.25, 0.3) is 5.91 Å². The zero-order valence-electron chi connectivity index (χ0n) is 8.29. The fourth-order valence-corrected chi connectivity index (χ4v) is 2.65. The number of hydrogen-bond donors (Lipinski definition) is 1. The second kappa shape index (κ2) is 3.61. The van der Waals surface area contributed by atoms with E-state index >= 15 is 0 Å². The minimum Gasteiger partial charge on any atom is -0.481 e. The monoisotopic (exact) mass is 211 g/mol. The highest BCUT2D eigenvalue weighted by molar-refractivity contribution is 7.16. The molecule has 14 heavy (non-hydrogen) atoms. The molecule has 4 heteroatoms. The Kier molecular flexibility index (Phi) is 2.46. The zero-order chi connectivity index (χ0) is 10.1. The first-order chi connectivity index (χ1) is 6.65. The van der Waals surface area contributed by atoms with Crippen LogP contribution >= 0.6 is 11.3 Å². The number of thiophene rings is 1. The molecule has 0 saturated heterocycles. The molecule has 2 rings (SSSR count). The number of fused-ring (bicyclic) bond motifs is 1. The molecule has 0 atom stereocenters. The lowest BCUT2D eigenvalue weighted by Gasteiger charge is -2.12. The van der Waals surface area contributed by atoms with Crippen molar-refractivity contribution in [3.8, 4) is 5.75 Å². The molecular formula is C10H13NO2S. The minimum absolute atomic E-state index is 0.0598. The molecule has 0 saturated carbocycles. The van der Waals surface area contributed by atoms with Gasteiger partial charge in [-0.05, 0) is 18.4 Å². The Morgan fingerprint density at radius 3 is 3.14 bits per heavy atom. The predicted molar refractivity (Wildman–Crippen MR) is 57.0 cm³/mol. The lowest BCUT2D eigenvalue weighted by atomic mass is 10.1. The SMILES string of the molecule is CC(C)Cc1cc2c(s1)NC(=O)CO2. The molecular weight excluding hydrogens is 198 g/mol. The summed E-state index contributed by atoms with van der Waals surface area (Å²) in [7, 11) is 0. The van der Waals surface area contributed by atoms with Crippen LogP contribution in [-0.4, -0.2) is 12.5 Å². The molecule has 1 aromatic heterocycles. The number of ether oxygens (including phenoxy) is 1. The fraction of sp³-hybridized carbons (Fsp3) is 0.500. The van der Waals surface area contributed by atoms with E-state index in [1.54, 1.807) is 11.3 Å². The normalized spacial score (nSPS) is 14.9. The van der Waals surface area contributed by atoms with E-state index in [1.807, 2.05) is 6.07 Å². The molecule has 0 unspecified atom stereocenters. The topological polar surface area (TPSA) is 38.3 Å². The molecule has 0 aliphatic carbocycles. The number of carbonyl (C=O) groups excluding carboxylic acids is 1. The van der Waals surface area contributed by atoms with Gasteiger partial charge in [-0.1, -0.05) is 13.8 Å². The Bertz CT molecular complexity index is 357. The van der Waals surface area contributed by atoms with E-state index in [0.29, 0.717) is 5.92 Å². The van der Waals surface area contributed by atoms with Crippen molar-refractivity contribution in [3.05, 3.63) is 10.9 Å². The van der Waals surface area contributed by atoms with Gasteiger partial charge in [0.2, 0.25) is 0 Å². The molecule has 1 aromatic rings. The van der Waals surface area contributed by atoms with E-state index in [4.69, 9.17) is 4.74 Å². The van der Waals surface area contributed by atoms with Gasteiger partial charge >= 0.3 is 0 Å². The second-order valence-corrected chi connectivity index (χ2v) is 4.98. The van der Waals surface area contributed by atoms with Gasteiger partial charge in [-0.15, -0.1) is 11.3 Å². The molecule has 76 valence electrons. The van der Waals surface area contributed by atoms with Crippen molar-refractivity contribution < 1.29 is 9.53 Å². The highest BCUT2D eigenvalue weighted by Crippen LogP contribution is 2.37. The number of anilines is 1. The smallest absolute Gasteiger partial charge is 0.263 e. The number of rotatable bonds is 2. The maximum absolute atomic E-state index is 11.0. The highest BCUT2D eigenvalue weighted by Gasteiger charge is 2.19. The maximum atomic E-state index is 11.0. The third kappa shape index (κ3) is 1.90. The van der Waals surface area contributed by atoms with Gasteiger partial charge < -0.3 is 10.1 Å². The Balaban J connectivity index is 2.19. The summed E-state index contributed by atoms with van der Waals surface area (Å²) < 4.78 is 5.30. The van der Waals surface area contributed by atoms with Gasteiger partial charge in [-0.3, -0.25) is 4.79 Å². The molecule has 1 aliphatic heterocycles. The van der Waals surface area contributed by atoms with Crippen molar-refractivity contribution in [2.45, 2.75) is 20.3 Å². The van der Waals surface area contributed by atoms with Crippen LogP contribution in [-0.2, 0) is 11.2 Å². The van der Waals surface area contributed by atoms with Crippen LogP contribution in [0.3, 0.4) is 0 Å². The summed E-state index contributed by atoms with van der Waals surface area (Å²) in [6.45, 7) is 4.50. The van der Waals surface area contributed by atoms with E-state index in [1.165, 1.54) is 4.88 Å². The predicted octanol–water partition coefficient (Wildman–Crippen LogP) is 2.28. The first kappa shape index (κ1) is 9.52. The molecule has 3 nitrogen and oxygen atoms in total. The van der Waals surface area contributed by atoms with Crippen LogP contribution in [0.15, 0.2) is 6.07 Å². The van der Waals surface area contributed by atoms with Crippen LogP contribution in [0, 0.1) is 5.92 Å².